The predicted molar refractivity (Wildman–Crippen MR) is 128 cm³/mol. The lowest BCUT2D eigenvalue weighted by Gasteiger charge is -2.39. The highest BCUT2D eigenvalue weighted by Crippen LogP contribution is 2.30. The summed E-state index contributed by atoms with van der Waals surface area (Å²) < 4.78 is 0. The molecule has 5 heteroatoms. The second kappa shape index (κ2) is 10.1. The van der Waals surface area contributed by atoms with Gasteiger partial charge in [-0.3, -0.25) is 9.69 Å². The number of carbonyl (C=O) groups excluding carboxylic acids is 1. The third-order valence-electron chi connectivity index (χ3n) is 5.61. The van der Waals surface area contributed by atoms with Gasteiger partial charge in [-0.1, -0.05) is 89.9 Å². The molecule has 1 amide bonds. The number of hydrogen-bond donors (Lipinski definition) is 0. The Morgan fingerprint density at radius 3 is 1.77 bits per heavy atom. The molecule has 31 heavy (non-hydrogen) atoms. The SMILES string of the molecule is O=C(C=Cc1c(Cl)cccc1Cl)N1CCN(C(c2ccccc2)c2ccccc2)CC1. The molecule has 1 fully saturated rings. The topological polar surface area (TPSA) is 23.6 Å². The van der Waals surface area contributed by atoms with Crippen LogP contribution in [0.5, 0.6) is 0 Å². The lowest BCUT2D eigenvalue weighted by atomic mass is 9.96. The molecule has 0 aromatic heterocycles. The number of nitrogens with zero attached hydrogens (tertiary/aromatic N) is 2. The summed E-state index contributed by atoms with van der Waals surface area (Å²) in [5, 5.41) is 1.07. The zero-order chi connectivity index (χ0) is 21.6. The third kappa shape index (κ3) is 5.19. The second-order valence-electron chi connectivity index (χ2n) is 7.55. The molecule has 1 saturated heterocycles. The van der Waals surface area contributed by atoms with E-state index in [9.17, 15) is 4.79 Å². The molecule has 0 atom stereocenters. The molecule has 1 aliphatic rings. The first kappa shape index (κ1) is 21.6. The van der Waals surface area contributed by atoms with Crippen molar-refractivity contribution in [3.05, 3.63) is 112 Å². The summed E-state index contributed by atoms with van der Waals surface area (Å²) in [6.07, 6.45) is 3.27. The molecule has 3 aromatic rings. The summed E-state index contributed by atoms with van der Waals surface area (Å²) in [4.78, 5) is 17.1. The van der Waals surface area contributed by atoms with Crippen LogP contribution in [0.2, 0.25) is 10.0 Å². The van der Waals surface area contributed by atoms with E-state index in [0.29, 0.717) is 28.7 Å². The first-order valence-electron chi connectivity index (χ1n) is 10.4. The van der Waals surface area contributed by atoms with Crippen LogP contribution in [-0.4, -0.2) is 41.9 Å². The minimum atomic E-state index is -0.0217. The Balaban J connectivity index is 1.45. The number of piperazine rings is 1. The van der Waals surface area contributed by atoms with E-state index in [-0.39, 0.29) is 11.9 Å². The van der Waals surface area contributed by atoms with Gasteiger partial charge in [-0.05, 0) is 29.3 Å². The fourth-order valence-electron chi connectivity index (χ4n) is 4.02. The van der Waals surface area contributed by atoms with E-state index in [1.165, 1.54) is 11.1 Å². The zero-order valence-electron chi connectivity index (χ0n) is 17.1. The highest BCUT2D eigenvalue weighted by molar-refractivity contribution is 6.37. The van der Waals surface area contributed by atoms with E-state index in [1.807, 2.05) is 17.0 Å². The highest BCUT2D eigenvalue weighted by Gasteiger charge is 2.27. The average Bonchev–Trinajstić information content (AvgIpc) is 2.81. The molecule has 1 aliphatic heterocycles. The summed E-state index contributed by atoms with van der Waals surface area (Å²) in [6, 6.07) is 26.6. The molecule has 0 unspecified atom stereocenters. The van der Waals surface area contributed by atoms with Crippen molar-refractivity contribution in [2.75, 3.05) is 26.2 Å². The van der Waals surface area contributed by atoms with Crippen LogP contribution in [-0.2, 0) is 4.79 Å². The maximum atomic E-state index is 12.7. The Morgan fingerprint density at radius 1 is 0.742 bits per heavy atom. The van der Waals surface area contributed by atoms with Crippen molar-refractivity contribution in [2.24, 2.45) is 0 Å². The molecule has 1 heterocycles. The largest absolute Gasteiger partial charge is 0.337 e. The highest BCUT2D eigenvalue weighted by atomic mass is 35.5. The lowest BCUT2D eigenvalue weighted by Crippen LogP contribution is -2.49. The van der Waals surface area contributed by atoms with Gasteiger partial charge in [0.05, 0.1) is 6.04 Å². The summed E-state index contributed by atoms with van der Waals surface area (Å²) >= 11 is 12.4. The van der Waals surface area contributed by atoms with E-state index in [2.05, 4.69) is 53.4 Å². The Hall–Kier alpha value is -2.59. The van der Waals surface area contributed by atoms with Gasteiger partial charge in [0.1, 0.15) is 0 Å². The minimum absolute atomic E-state index is 0.0217. The first-order chi connectivity index (χ1) is 15.1. The van der Waals surface area contributed by atoms with Crippen molar-refractivity contribution in [3.8, 4) is 0 Å². The molecule has 0 spiro atoms. The Kier molecular flexibility index (Phi) is 7.08. The van der Waals surface area contributed by atoms with Crippen molar-refractivity contribution in [2.45, 2.75) is 6.04 Å². The van der Waals surface area contributed by atoms with Crippen molar-refractivity contribution in [3.63, 3.8) is 0 Å². The van der Waals surface area contributed by atoms with E-state index in [0.717, 1.165) is 13.1 Å². The van der Waals surface area contributed by atoms with Gasteiger partial charge in [0, 0.05) is 47.9 Å². The zero-order valence-corrected chi connectivity index (χ0v) is 18.6. The fourth-order valence-corrected chi connectivity index (χ4v) is 4.54. The van der Waals surface area contributed by atoms with Gasteiger partial charge < -0.3 is 4.90 Å². The van der Waals surface area contributed by atoms with Crippen molar-refractivity contribution >= 4 is 35.2 Å². The molecule has 3 aromatic carbocycles. The van der Waals surface area contributed by atoms with E-state index in [4.69, 9.17) is 23.2 Å². The van der Waals surface area contributed by atoms with Gasteiger partial charge in [-0.2, -0.15) is 0 Å². The Morgan fingerprint density at radius 2 is 1.26 bits per heavy atom. The van der Waals surface area contributed by atoms with E-state index >= 15 is 0 Å². The van der Waals surface area contributed by atoms with Gasteiger partial charge >= 0.3 is 0 Å². The Labute approximate surface area is 193 Å². The van der Waals surface area contributed by atoms with Crippen molar-refractivity contribution in [1.82, 2.24) is 9.80 Å². The monoisotopic (exact) mass is 450 g/mol. The molecule has 0 aliphatic carbocycles. The van der Waals surface area contributed by atoms with Crippen molar-refractivity contribution in [1.29, 1.82) is 0 Å². The summed E-state index contributed by atoms with van der Waals surface area (Å²) in [7, 11) is 0. The van der Waals surface area contributed by atoms with Crippen LogP contribution < -0.4 is 0 Å². The quantitative estimate of drug-likeness (QED) is 0.449. The normalized spacial score (nSPS) is 15.0. The Bertz CT molecular complexity index is 986. The van der Waals surface area contributed by atoms with Crippen LogP contribution in [0.4, 0.5) is 0 Å². The second-order valence-corrected chi connectivity index (χ2v) is 8.37. The number of hydrogen-bond acceptors (Lipinski definition) is 2. The maximum absolute atomic E-state index is 12.7. The van der Waals surface area contributed by atoms with Crippen LogP contribution >= 0.6 is 23.2 Å². The summed E-state index contributed by atoms with van der Waals surface area (Å²) in [6.45, 7) is 2.97. The first-order valence-corrected chi connectivity index (χ1v) is 11.1. The lowest BCUT2D eigenvalue weighted by molar-refractivity contribution is -0.127. The number of rotatable bonds is 5. The van der Waals surface area contributed by atoms with Crippen LogP contribution in [0.1, 0.15) is 22.7 Å². The molecule has 158 valence electrons. The van der Waals surface area contributed by atoms with Crippen LogP contribution in [0, 0.1) is 0 Å². The number of amides is 1. The molecule has 3 nitrogen and oxygen atoms in total. The third-order valence-corrected chi connectivity index (χ3v) is 6.27. The maximum Gasteiger partial charge on any atom is 0.246 e. The summed E-state index contributed by atoms with van der Waals surface area (Å²) in [5.74, 6) is -0.0217. The molecule has 4 rings (SSSR count). The van der Waals surface area contributed by atoms with E-state index < -0.39 is 0 Å². The molecular formula is C26H24Cl2N2O. The number of benzene rings is 3. The summed E-state index contributed by atoms with van der Waals surface area (Å²) in [5.41, 5.74) is 3.20. The van der Waals surface area contributed by atoms with Crippen LogP contribution in [0.15, 0.2) is 84.9 Å². The molecule has 0 radical (unpaired) electrons. The van der Waals surface area contributed by atoms with Gasteiger partial charge in [0.15, 0.2) is 0 Å². The standard InChI is InChI=1S/C26H24Cl2N2O/c27-23-12-7-13-24(28)22(23)14-15-25(31)29-16-18-30(19-17-29)26(20-8-3-1-4-9-20)21-10-5-2-6-11-21/h1-15,26H,16-19H2. The van der Waals surface area contributed by atoms with Gasteiger partial charge in [-0.25, -0.2) is 0 Å². The van der Waals surface area contributed by atoms with Gasteiger partial charge in [0.2, 0.25) is 5.91 Å². The number of carbonyl (C=O) groups is 1. The molecule has 0 bridgehead atoms. The van der Waals surface area contributed by atoms with E-state index in [1.54, 1.807) is 30.4 Å². The van der Waals surface area contributed by atoms with Crippen LogP contribution in [0.25, 0.3) is 6.08 Å². The average molecular weight is 451 g/mol. The minimum Gasteiger partial charge on any atom is -0.337 e. The van der Waals surface area contributed by atoms with Crippen LogP contribution in [0.3, 0.4) is 0 Å². The smallest absolute Gasteiger partial charge is 0.246 e. The number of halogens is 2. The molecule has 0 saturated carbocycles. The fraction of sp³-hybridized carbons (Fsp3) is 0.192. The van der Waals surface area contributed by atoms with Crippen molar-refractivity contribution < 1.29 is 4.79 Å². The molecular weight excluding hydrogens is 427 g/mol. The van der Waals surface area contributed by atoms with Gasteiger partial charge in [0.25, 0.3) is 0 Å². The van der Waals surface area contributed by atoms with Gasteiger partial charge in [-0.15, -0.1) is 0 Å². The molecule has 0 N–H and O–H groups in total. The predicted octanol–water partition coefficient (Wildman–Crippen LogP) is 5.94.